The molecule has 8 heteroatoms. The van der Waals surface area contributed by atoms with Crippen LogP contribution in [-0.2, 0) is 11.3 Å². The van der Waals surface area contributed by atoms with Gasteiger partial charge in [0.15, 0.2) is 0 Å². The summed E-state index contributed by atoms with van der Waals surface area (Å²) in [4.78, 5) is 23.9. The van der Waals surface area contributed by atoms with Crippen molar-refractivity contribution in [3.63, 3.8) is 0 Å². The minimum Gasteiger partial charge on any atom is -0.329 e. The number of carbonyl (C=O) groups is 2. The van der Waals surface area contributed by atoms with Crippen LogP contribution in [0.15, 0.2) is 6.20 Å². The number of imide groups is 1. The van der Waals surface area contributed by atoms with Crippen LogP contribution in [0.4, 0.5) is 4.79 Å². The van der Waals surface area contributed by atoms with Crippen LogP contribution < -0.4 is 11.1 Å². The Morgan fingerprint density at radius 2 is 2.26 bits per heavy atom. The Hall–Kier alpha value is -1.96. The molecule has 0 bridgehead atoms. The molecule has 1 aliphatic heterocycles. The summed E-state index contributed by atoms with van der Waals surface area (Å²) in [6.45, 7) is 2.84. The van der Waals surface area contributed by atoms with E-state index in [0.29, 0.717) is 6.54 Å². The standard InChI is InChI=1S/C11H18N6O2/c1-2-3-8(12)9-7-16(15-14-9)4-5-17-10(18)6-13-11(17)19/h7-8H,2-6,12H2,1H3,(H,13,19). The first kappa shape index (κ1) is 13.5. The molecule has 0 saturated carbocycles. The maximum absolute atomic E-state index is 11.4. The first-order valence-electron chi connectivity index (χ1n) is 6.35. The van der Waals surface area contributed by atoms with E-state index in [1.807, 2.05) is 0 Å². The number of amides is 3. The van der Waals surface area contributed by atoms with Gasteiger partial charge in [0, 0.05) is 0 Å². The number of nitrogens with one attached hydrogen (secondary N) is 1. The van der Waals surface area contributed by atoms with E-state index in [-0.39, 0.29) is 31.1 Å². The number of hydrogen-bond acceptors (Lipinski definition) is 5. The van der Waals surface area contributed by atoms with Crippen LogP contribution in [0.25, 0.3) is 0 Å². The molecule has 8 nitrogen and oxygen atoms in total. The van der Waals surface area contributed by atoms with Crippen molar-refractivity contribution in [2.45, 2.75) is 32.4 Å². The lowest BCUT2D eigenvalue weighted by Gasteiger charge is -2.11. The fraction of sp³-hybridized carbons (Fsp3) is 0.636. The fourth-order valence-electron chi connectivity index (χ4n) is 1.94. The van der Waals surface area contributed by atoms with Crippen LogP contribution in [-0.4, -0.2) is 44.9 Å². The number of nitrogens with zero attached hydrogens (tertiary/aromatic N) is 4. The fourth-order valence-corrected chi connectivity index (χ4v) is 1.94. The lowest BCUT2D eigenvalue weighted by Crippen LogP contribution is -2.33. The zero-order chi connectivity index (χ0) is 13.8. The smallest absolute Gasteiger partial charge is 0.324 e. The largest absolute Gasteiger partial charge is 0.329 e. The summed E-state index contributed by atoms with van der Waals surface area (Å²) in [5.74, 6) is -0.215. The Bertz CT molecular complexity index is 456. The number of nitrogens with two attached hydrogens (primary N) is 1. The van der Waals surface area contributed by atoms with E-state index in [2.05, 4.69) is 22.6 Å². The Morgan fingerprint density at radius 1 is 1.47 bits per heavy atom. The van der Waals surface area contributed by atoms with Crippen molar-refractivity contribution in [2.24, 2.45) is 5.73 Å². The van der Waals surface area contributed by atoms with Gasteiger partial charge in [-0.1, -0.05) is 18.6 Å². The van der Waals surface area contributed by atoms with Gasteiger partial charge in [-0.3, -0.25) is 14.4 Å². The van der Waals surface area contributed by atoms with Crippen molar-refractivity contribution in [3.05, 3.63) is 11.9 Å². The lowest BCUT2D eigenvalue weighted by molar-refractivity contribution is -0.125. The summed E-state index contributed by atoms with van der Waals surface area (Å²) < 4.78 is 1.60. The van der Waals surface area contributed by atoms with Crippen molar-refractivity contribution in [2.75, 3.05) is 13.1 Å². The van der Waals surface area contributed by atoms with Crippen molar-refractivity contribution < 1.29 is 9.59 Å². The van der Waals surface area contributed by atoms with Gasteiger partial charge >= 0.3 is 6.03 Å². The molecule has 0 spiro atoms. The molecule has 1 aliphatic rings. The third-order valence-corrected chi connectivity index (χ3v) is 3.03. The highest BCUT2D eigenvalue weighted by molar-refractivity contribution is 6.01. The summed E-state index contributed by atoms with van der Waals surface area (Å²) in [5.41, 5.74) is 6.67. The number of hydrogen-bond donors (Lipinski definition) is 2. The van der Waals surface area contributed by atoms with E-state index in [1.165, 1.54) is 4.90 Å². The number of carbonyl (C=O) groups excluding carboxylic acids is 2. The zero-order valence-electron chi connectivity index (χ0n) is 10.9. The monoisotopic (exact) mass is 266 g/mol. The number of urea groups is 1. The molecule has 104 valence electrons. The Balaban J connectivity index is 1.90. The van der Waals surface area contributed by atoms with E-state index in [0.717, 1.165) is 18.5 Å². The van der Waals surface area contributed by atoms with Gasteiger partial charge in [0.05, 0.1) is 37.6 Å². The van der Waals surface area contributed by atoms with E-state index in [9.17, 15) is 9.59 Å². The predicted molar refractivity (Wildman–Crippen MR) is 67.0 cm³/mol. The molecular formula is C11H18N6O2. The quantitative estimate of drug-likeness (QED) is 0.683. The summed E-state index contributed by atoms with van der Waals surface area (Å²) in [6.07, 6.45) is 3.60. The molecule has 0 radical (unpaired) electrons. The van der Waals surface area contributed by atoms with Gasteiger partial charge in [-0.15, -0.1) is 5.10 Å². The normalized spacial score (nSPS) is 16.8. The molecule has 2 heterocycles. The second-order valence-electron chi connectivity index (χ2n) is 4.51. The van der Waals surface area contributed by atoms with Crippen molar-refractivity contribution in [1.29, 1.82) is 0 Å². The zero-order valence-corrected chi connectivity index (χ0v) is 10.9. The summed E-state index contributed by atoms with van der Waals surface area (Å²) in [7, 11) is 0. The van der Waals surface area contributed by atoms with Crippen LogP contribution in [0.2, 0.25) is 0 Å². The molecule has 1 aromatic heterocycles. The minimum atomic E-state index is -0.354. The molecule has 1 atom stereocenters. The highest BCUT2D eigenvalue weighted by atomic mass is 16.2. The topological polar surface area (TPSA) is 106 Å². The van der Waals surface area contributed by atoms with Crippen LogP contribution in [0, 0.1) is 0 Å². The van der Waals surface area contributed by atoms with E-state index < -0.39 is 0 Å². The average Bonchev–Trinajstić information content (AvgIpc) is 2.96. The highest BCUT2D eigenvalue weighted by Gasteiger charge is 2.27. The van der Waals surface area contributed by atoms with Crippen LogP contribution >= 0.6 is 0 Å². The van der Waals surface area contributed by atoms with Gasteiger partial charge in [0.2, 0.25) is 5.91 Å². The van der Waals surface area contributed by atoms with Gasteiger partial charge in [-0.05, 0) is 6.42 Å². The lowest BCUT2D eigenvalue weighted by atomic mass is 10.1. The summed E-state index contributed by atoms with van der Waals surface area (Å²) in [5, 5.41) is 10.4. The third-order valence-electron chi connectivity index (χ3n) is 3.03. The van der Waals surface area contributed by atoms with Crippen molar-refractivity contribution >= 4 is 11.9 Å². The van der Waals surface area contributed by atoms with Crippen molar-refractivity contribution in [1.82, 2.24) is 25.2 Å². The van der Waals surface area contributed by atoms with Gasteiger partial charge in [-0.2, -0.15) is 0 Å². The number of aromatic nitrogens is 3. The predicted octanol–water partition coefficient (Wildman–Crippen LogP) is -0.370. The van der Waals surface area contributed by atoms with Crippen LogP contribution in [0.1, 0.15) is 31.5 Å². The second-order valence-corrected chi connectivity index (χ2v) is 4.51. The highest BCUT2D eigenvalue weighted by Crippen LogP contribution is 2.11. The van der Waals surface area contributed by atoms with Gasteiger partial charge in [0.25, 0.3) is 0 Å². The average molecular weight is 266 g/mol. The first-order chi connectivity index (χ1) is 9.11. The molecule has 1 saturated heterocycles. The molecule has 1 aromatic rings. The van der Waals surface area contributed by atoms with Crippen LogP contribution in [0.5, 0.6) is 0 Å². The minimum absolute atomic E-state index is 0.0722. The Morgan fingerprint density at radius 3 is 2.89 bits per heavy atom. The number of rotatable bonds is 6. The molecule has 3 N–H and O–H groups in total. The molecule has 0 aromatic carbocycles. The molecule has 0 aliphatic carbocycles. The summed E-state index contributed by atoms with van der Waals surface area (Å²) >= 11 is 0. The van der Waals surface area contributed by atoms with Gasteiger partial charge in [0.1, 0.15) is 0 Å². The van der Waals surface area contributed by atoms with E-state index in [1.54, 1.807) is 10.9 Å². The summed E-state index contributed by atoms with van der Waals surface area (Å²) in [6, 6.07) is -0.469. The molecule has 1 unspecified atom stereocenters. The maximum Gasteiger partial charge on any atom is 0.324 e. The first-order valence-corrected chi connectivity index (χ1v) is 6.35. The van der Waals surface area contributed by atoms with Gasteiger partial charge in [-0.25, -0.2) is 4.79 Å². The molecule has 19 heavy (non-hydrogen) atoms. The second kappa shape index (κ2) is 5.79. The van der Waals surface area contributed by atoms with E-state index in [4.69, 9.17) is 5.73 Å². The van der Waals surface area contributed by atoms with Crippen molar-refractivity contribution in [3.8, 4) is 0 Å². The molecule has 2 rings (SSSR count). The Labute approximate surface area is 110 Å². The Kier molecular flexibility index (Phi) is 4.10. The van der Waals surface area contributed by atoms with Crippen LogP contribution in [0.3, 0.4) is 0 Å². The van der Waals surface area contributed by atoms with E-state index >= 15 is 0 Å². The molecular weight excluding hydrogens is 248 g/mol. The third kappa shape index (κ3) is 3.08. The SMILES string of the molecule is CCCC(N)c1cn(CCN2C(=O)CNC2=O)nn1. The molecule has 1 fully saturated rings. The molecule has 3 amide bonds. The maximum atomic E-state index is 11.4. The van der Waals surface area contributed by atoms with Gasteiger partial charge < -0.3 is 11.1 Å².